The molecule has 0 saturated heterocycles. The van der Waals surface area contributed by atoms with E-state index in [1.807, 2.05) is 30.3 Å². The first kappa shape index (κ1) is 14.8. The van der Waals surface area contributed by atoms with Gasteiger partial charge >= 0.3 is 5.97 Å². The Hall–Kier alpha value is -2.62. The summed E-state index contributed by atoms with van der Waals surface area (Å²) < 4.78 is 10.5. The second-order valence-corrected chi connectivity index (χ2v) is 4.36. The molecule has 0 aromatic heterocycles. The fourth-order valence-electron chi connectivity index (χ4n) is 1.86. The molecular formula is C17H16O4. The van der Waals surface area contributed by atoms with Gasteiger partial charge in [-0.15, -0.1) is 0 Å². The van der Waals surface area contributed by atoms with Crippen molar-refractivity contribution in [3.63, 3.8) is 0 Å². The maximum atomic E-state index is 11.7. The third-order valence-corrected chi connectivity index (χ3v) is 2.89. The second-order valence-electron chi connectivity index (χ2n) is 4.36. The smallest absolute Gasteiger partial charge is 0.338 e. The molecule has 0 N–H and O–H groups in total. The minimum absolute atomic E-state index is 0.249. The van der Waals surface area contributed by atoms with Crippen LogP contribution in [0, 0.1) is 0 Å². The first-order chi connectivity index (χ1) is 10.2. The molecule has 0 saturated carbocycles. The molecule has 0 aliphatic carbocycles. The van der Waals surface area contributed by atoms with Crippen molar-refractivity contribution in [2.24, 2.45) is 0 Å². The van der Waals surface area contributed by atoms with Crippen LogP contribution in [0.5, 0.6) is 5.75 Å². The Labute approximate surface area is 123 Å². The molecule has 108 valence electrons. The summed E-state index contributed by atoms with van der Waals surface area (Å²) in [5.74, 6) is 0.0308. The molecule has 2 aromatic carbocycles. The number of carbonyl (C=O) groups is 2. The van der Waals surface area contributed by atoms with Gasteiger partial charge in [0.25, 0.3) is 0 Å². The molecule has 0 spiro atoms. The lowest BCUT2D eigenvalue weighted by Crippen LogP contribution is -2.08. The number of hydrogen-bond donors (Lipinski definition) is 0. The fraction of sp³-hybridized carbons (Fsp3) is 0.176. The van der Waals surface area contributed by atoms with Crippen LogP contribution in [0.4, 0.5) is 0 Å². The van der Waals surface area contributed by atoms with Gasteiger partial charge in [-0.2, -0.15) is 0 Å². The Morgan fingerprint density at radius 2 is 1.90 bits per heavy atom. The summed E-state index contributed by atoms with van der Waals surface area (Å²) >= 11 is 0. The van der Waals surface area contributed by atoms with E-state index in [2.05, 4.69) is 0 Å². The largest absolute Gasteiger partial charge is 0.489 e. The first-order valence-electron chi connectivity index (χ1n) is 6.67. The number of aldehydes is 1. The van der Waals surface area contributed by atoms with Crippen LogP contribution in [0.25, 0.3) is 0 Å². The van der Waals surface area contributed by atoms with E-state index in [9.17, 15) is 9.59 Å². The highest BCUT2D eigenvalue weighted by atomic mass is 16.5. The zero-order valence-corrected chi connectivity index (χ0v) is 11.7. The van der Waals surface area contributed by atoms with Crippen LogP contribution in [0.15, 0.2) is 48.5 Å². The van der Waals surface area contributed by atoms with Crippen molar-refractivity contribution < 1.29 is 19.1 Å². The molecule has 0 heterocycles. The van der Waals surface area contributed by atoms with E-state index in [0.717, 1.165) is 5.56 Å². The van der Waals surface area contributed by atoms with Crippen molar-refractivity contribution in [1.82, 2.24) is 0 Å². The van der Waals surface area contributed by atoms with E-state index in [0.29, 0.717) is 18.6 Å². The number of hydrogen-bond acceptors (Lipinski definition) is 4. The standard InChI is InChI=1S/C17H16O4/c1-2-20-17(19)16-9-8-15(10-14(16)11-18)21-12-13-6-4-3-5-7-13/h3-11H,2,12H2,1H3. The highest BCUT2D eigenvalue weighted by molar-refractivity contribution is 5.98. The molecule has 2 aromatic rings. The Balaban J connectivity index is 2.11. The highest BCUT2D eigenvalue weighted by Crippen LogP contribution is 2.19. The van der Waals surface area contributed by atoms with Gasteiger partial charge in [0.1, 0.15) is 12.4 Å². The molecule has 4 heteroatoms. The Morgan fingerprint density at radius 1 is 1.14 bits per heavy atom. The molecular weight excluding hydrogens is 268 g/mol. The van der Waals surface area contributed by atoms with E-state index >= 15 is 0 Å². The van der Waals surface area contributed by atoms with E-state index in [1.54, 1.807) is 25.1 Å². The van der Waals surface area contributed by atoms with Crippen molar-refractivity contribution >= 4 is 12.3 Å². The monoisotopic (exact) mass is 284 g/mol. The minimum atomic E-state index is -0.505. The second kappa shape index (κ2) is 7.24. The lowest BCUT2D eigenvalue weighted by Gasteiger charge is -2.09. The maximum Gasteiger partial charge on any atom is 0.338 e. The highest BCUT2D eigenvalue weighted by Gasteiger charge is 2.13. The van der Waals surface area contributed by atoms with Gasteiger partial charge in [-0.3, -0.25) is 4.79 Å². The number of rotatable bonds is 6. The molecule has 0 aliphatic rings. The lowest BCUT2D eigenvalue weighted by molar-refractivity contribution is 0.0524. The third kappa shape index (κ3) is 3.92. The molecule has 0 amide bonds. The van der Waals surface area contributed by atoms with Crippen LogP contribution in [-0.2, 0) is 11.3 Å². The van der Waals surface area contributed by atoms with Gasteiger partial charge in [0.05, 0.1) is 12.2 Å². The number of benzene rings is 2. The molecule has 21 heavy (non-hydrogen) atoms. The van der Waals surface area contributed by atoms with Crippen molar-refractivity contribution in [1.29, 1.82) is 0 Å². The maximum absolute atomic E-state index is 11.7. The van der Waals surface area contributed by atoms with Crippen LogP contribution in [0.1, 0.15) is 33.2 Å². The van der Waals surface area contributed by atoms with Gasteiger partial charge in [-0.25, -0.2) is 4.79 Å². The zero-order chi connectivity index (χ0) is 15.1. The van der Waals surface area contributed by atoms with Crippen molar-refractivity contribution in [2.45, 2.75) is 13.5 Å². The van der Waals surface area contributed by atoms with Gasteiger partial charge < -0.3 is 9.47 Å². The van der Waals surface area contributed by atoms with E-state index in [1.165, 1.54) is 0 Å². The van der Waals surface area contributed by atoms with E-state index in [4.69, 9.17) is 9.47 Å². The van der Waals surface area contributed by atoms with Crippen LogP contribution in [-0.4, -0.2) is 18.9 Å². The van der Waals surface area contributed by atoms with Crippen molar-refractivity contribution in [3.8, 4) is 5.75 Å². The van der Waals surface area contributed by atoms with Gasteiger partial charge in [0.2, 0.25) is 0 Å². The first-order valence-corrected chi connectivity index (χ1v) is 6.67. The van der Waals surface area contributed by atoms with Gasteiger partial charge in [0.15, 0.2) is 6.29 Å². The third-order valence-electron chi connectivity index (χ3n) is 2.89. The zero-order valence-electron chi connectivity index (χ0n) is 11.7. The summed E-state index contributed by atoms with van der Waals surface area (Å²) in [6.45, 7) is 2.39. The van der Waals surface area contributed by atoms with Crippen LogP contribution in [0.3, 0.4) is 0 Å². The normalized spacial score (nSPS) is 9.95. The molecule has 0 radical (unpaired) electrons. The summed E-state index contributed by atoms with van der Waals surface area (Å²) in [7, 11) is 0. The number of ether oxygens (including phenoxy) is 2. The summed E-state index contributed by atoms with van der Waals surface area (Å²) in [6.07, 6.45) is 0.627. The Kier molecular flexibility index (Phi) is 5.10. The SMILES string of the molecule is CCOC(=O)c1ccc(OCc2ccccc2)cc1C=O. The molecule has 0 atom stereocenters. The van der Waals surface area contributed by atoms with E-state index < -0.39 is 5.97 Å². The summed E-state index contributed by atoms with van der Waals surface area (Å²) in [4.78, 5) is 22.8. The topological polar surface area (TPSA) is 52.6 Å². The summed E-state index contributed by atoms with van der Waals surface area (Å²) in [5.41, 5.74) is 1.54. The molecule has 0 aliphatic heterocycles. The predicted octanol–water partition coefficient (Wildman–Crippen LogP) is 3.25. The number of esters is 1. The van der Waals surface area contributed by atoms with Gasteiger partial charge in [0, 0.05) is 5.56 Å². The molecule has 0 fully saturated rings. The molecule has 4 nitrogen and oxygen atoms in total. The van der Waals surface area contributed by atoms with Crippen molar-refractivity contribution in [2.75, 3.05) is 6.61 Å². The van der Waals surface area contributed by atoms with Gasteiger partial charge in [-0.05, 0) is 30.7 Å². The van der Waals surface area contributed by atoms with Crippen molar-refractivity contribution in [3.05, 3.63) is 65.2 Å². The minimum Gasteiger partial charge on any atom is -0.489 e. The summed E-state index contributed by atoms with van der Waals surface area (Å²) in [6, 6.07) is 14.4. The molecule has 0 bridgehead atoms. The summed E-state index contributed by atoms with van der Waals surface area (Å²) in [5, 5.41) is 0. The van der Waals surface area contributed by atoms with Gasteiger partial charge in [-0.1, -0.05) is 30.3 Å². The Morgan fingerprint density at radius 3 is 2.57 bits per heavy atom. The molecule has 2 rings (SSSR count). The predicted molar refractivity (Wildman–Crippen MR) is 78.6 cm³/mol. The van der Waals surface area contributed by atoms with E-state index in [-0.39, 0.29) is 17.7 Å². The fourth-order valence-corrected chi connectivity index (χ4v) is 1.86. The Bertz CT molecular complexity index is 620. The van der Waals surface area contributed by atoms with Crippen LogP contribution >= 0.6 is 0 Å². The molecule has 0 unspecified atom stereocenters. The van der Waals surface area contributed by atoms with Crippen LogP contribution in [0.2, 0.25) is 0 Å². The quantitative estimate of drug-likeness (QED) is 0.603. The van der Waals surface area contributed by atoms with Crippen LogP contribution < -0.4 is 4.74 Å². The number of carbonyl (C=O) groups excluding carboxylic acids is 2. The lowest BCUT2D eigenvalue weighted by atomic mass is 10.1. The average molecular weight is 284 g/mol. The average Bonchev–Trinajstić information content (AvgIpc) is 2.53.